The van der Waals surface area contributed by atoms with Crippen LogP contribution in [-0.2, 0) is 14.3 Å². The summed E-state index contributed by atoms with van der Waals surface area (Å²) in [6, 6.07) is 38.0. The molecule has 0 radical (unpaired) electrons. The summed E-state index contributed by atoms with van der Waals surface area (Å²) < 4.78 is 5.17. The highest BCUT2D eigenvalue weighted by Gasteiger charge is 2.23. The number of esters is 1. The average molecular weight is 453 g/mol. The molecule has 4 aromatic rings. The molecule has 4 rings (SSSR count). The first-order valence-corrected chi connectivity index (χ1v) is 11.2. The maximum absolute atomic E-state index is 12.1. The fourth-order valence-corrected chi connectivity index (χ4v) is 3.75. The predicted molar refractivity (Wildman–Crippen MR) is 134 cm³/mol. The van der Waals surface area contributed by atoms with Crippen molar-refractivity contribution in [3.05, 3.63) is 144 Å². The van der Waals surface area contributed by atoms with Crippen LogP contribution in [0.4, 0.5) is 0 Å². The van der Waals surface area contributed by atoms with Gasteiger partial charge in [-0.25, -0.2) is 0 Å². The van der Waals surface area contributed by atoms with Crippen LogP contribution in [-0.4, -0.2) is 23.7 Å². The van der Waals surface area contributed by atoms with Crippen molar-refractivity contribution in [3.63, 3.8) is 0 Å². The van der Waals surface area contributed by atoms with Crippen molar-refractivity contribution >= 4 is 11.9 Å². The maximum atomic E-state index is 12.1. The zero-order chi connectivity index (χ0) is 24.2. The van der Waals surface area contributed by atoms with Gasteiger partial charge in [0.15, 0.2) is 0 Å². The molecule has 0 fully saturated rings. The summed E-state index contributed by atoms with van der Waals surface area (Å²) in [5.74, 6) is -1.94. The van der Waals surface area contributed by atoms with Crippen molar-refractivity contribution < 1.29 is 19.4 Å². The van der Waals surface area contributed by atoms with Crippen LogP contribution in [0.3, 0.4) is 0 Å². The average Bonchev–Trinajstić information content (AvgIpc) is 2.87. The maximum Gasteiger partial charge on any atom is 0.317 e. The minimum absolute atomic E-state index is 0.199. The smallest absolute Gasteiger partial charge is 0.317 e. The summed E-state index contributed by atoms with van der Waals surface area (Å²) in [6.45, 7) is 2.22. The fraction of sp³-hybridized carbons (Fsp3) is 0.133. The second-order valence-electron chi connectivity index (χ2n) is 7.60. The number of carboxylic acids is 1. The van der Waals surface area contributed by atoms with E-state index in [1.54, 1.807) is 0 Å². The summed E-state index contributed by atoms with van der Waals surface area (Å²) in [5, 5.41) is 9.28. The lowest BCUT2D eigenvalue weighted by molar-refractivity contribution is -0.144. The first kappa shape index (κ1) is 24.5. The molecule has 0 unspecified atom stereocenters. The van der Waals surface area contributed by atoms with Crippen LogP contribution < -0.4 is 0 Å². The van der Waals surface area contributed by atoms with Gasteiger partial charge in [-0.15, -0.1) is 0 Å². The number of hydrogen-bond donors (Lipinski definition) is 1. The van der Waals surface area contributed by atoms with E-state index in [-0.39, 0.29) is 11.9 Å². The second kappa shape index (κ2) is 12.8. The molecular weight excluding hydrogens is 424 g/mol. The minimum atomic E-state index is -0.822. The first-order valence-electron chi connectivity index (χ1n) is 11.2. The number of carbonyl (C=O) groups excluding carboxylic acids is 1. The third kappa shape index (κ3) is 6.66. The van der Waals surface area contributed by atoms with E-state index in [0.717, 1.165) is 22.3 Å². The van der Waals surface area contributed by atoms with Crippen molar-refractivity contribution in [1.82, 2.24) is 0 Å². The van der Waals surface area contributed by atoms with Gasteiger partial charge in [0.05, 0.1) is 6.61 Å². The highest BCUT2D eigenvalue weighted by molar-refractivity contribution is 5.82. The van der Waals surface area contributed by atoms with E-state index < -0.39 is 11.9 Å². The first-order chi connectivity index (χ1) is 16.6. The van der Waals surface area contributed by atoms with Gasteiger partial charge in [0.1, 0.15) is 11.8 Å². The SMILES string of the molecule is CCOC(=O)C(c1ccccc1)c1ccccc1.O=C(O)C(c1ccccc1)c1ccccc1. The summed E-state index contributed by atoms with van der Waals surface area (Å²) in [7, 11) is 0. The Balaban J connectivity index is 0.000000192. The molecule has 0 bridgehead atoms. The Morgan fingerprint density at radius 1 is 0.588 bits per heavy atom. The summed E-state index contributed by atoms with van der Waals surface area (Å²) >= 11 is 0. The van der Waals surface area contributed by atoms with E-state index in [1.807, 2.05) is 128 Å². The second-order valence-corrected chi connectivity index (χ2v) is 7.60. The molecule has 4 aromatic carbocycles. The molecule has 0 spiro atoms. The van der Waals surface area contributed by atoms with Gasteiger partial charge in [0.25, 0.3) is 0 Å². The Kier molecular flexibility index (Phi) is 9.18. The van der Waals surface area contributed by atoms with E-state index in [2.05, 4.69) is 0 Å². The number of hydrogen-bond acceptors (Lipinski definition) is 3. The molecule has 0 heterocycles. The Morgan fingerprint density at radius 3 is 1.15 bits per heavy atom. The molecule has 0 aliphatic carbocycles. The van der Waals surface area contributed by atoms with E-state index in [1.165, 1.54) is 0 Å². The van der Waals surface area contributed by atoms with Crippen LogP contribution in [0.15, 0.2) is 121 Å². The van der Waals surface area contributed by atoms with Crippen LogP contribution in [0, 0.1) is 0 Å². The van der Waals surface area contributed by atoms with Crippen LogP contribution in [0.5, 0.6) is 0 Å². The molecule has 0 saturated heterocycles. The molecule has 4 heteroatoms. The van der Waals surface area contributed by atoms with Crippen LogP contribution in [0.25, 0.3) is 0 Å². The summed E-state index contributed by atoms with van der Waals surface area (Å²) in [5.41, 5.74) is 3.53. The van der Waals surface area contributed by atoms with Crippen LogP contribution >= 0.6 is 0 Å². The molecule has 34 heavy (non-hydrogen) atoms. The summed E-state index contributed by atoms with van der Waals surface area (Å²) in [6.07, 6.45) is 0. The lowest BCUT2D eigenvalue weighted by Gasteiger charge is -2.16. The third-order valence-electron chi connectivity index (χ3n) is 5.30. The standard InChI is InChI=1S/C16H16O2.C14H12O2/c1-2-18-16(17)15(13-9-5-3-6-10-13)14-11-7-4-8-12-14;15-14(16)13(11-7-3-1-4-8-11)12-9-5-2-6-10-12/h3-12,15H,2H2,1H3;1-10,13H,(H,15,16). The topological polar surface area (TPSA) is 63.6 Å². The van der Waals surface area contributed by atoms with Crippen molar-refractivity contribution in [2.45, 2.75) is 18.8 Å². The minimum Gasteiger partial charge on any atom is -0.481 e. The fourth-order valence-electron chi connectivity index (χ4n) is 3.75. The molecule has 1 N–H and O–H groups in total. The van der Waals surface area contributed by atoms with E-state index in [9.17, 15) is 14.7 Å². The molecule has 0 aromatic heterocycles. The summed E-state index contributed by atoms with van der Waals surface area (Å²) in [4.78, 5) is 23.4. The largest absolute Gasteiger partial charge is 0.481 e. The van der Waals surface area contributed by atoms with Crippen molar-refractivity contribution in [1.29, 1.82) is 0 Å². The van der Waals surface area contributed by atoms with Gasteiger partial charge in [0, 0.05) is 0 Å². The van der Waals surface area contributed by atoms with E-state index in [0.29, 0.717) is 6.61 Å². The number of carbonyl (C=O) groups is 2. The molecule has 0 amide bonds. The number of rotatable bonds is 7. The van der Waals surface area contributed by atoms with Crippen molar-refractivity contribution in [2.24, 2.45) is 0 Å². The molecule has 4 nitrogen and oxygen atoms in total. The van der Waals surface area contributed by atoms with Gasteiger partial charge >= 0.3 is 11.9 Å². The monoisotopic (exact) mass is 452 g/mol. The Labute approximate surface area is 200 Å². The predicted octanol–water partition coefficient (Wildman–Crippen LogP) is 6.28. The number of benzene rings is 4. The zero-order valence-corrected chi connectivity index (χ0v) is 19.1. The molecule has 172 valence electrons. The molecule has 0 atom stereocenters. The molecule has 0 saturated carbocycles. The van der Waals surface area contributed by atoms with E-state index in [4.69, 9.17) is 4.74 Å². The highest BCUT2D eigenvalue weighted by Crippen LogP contribution is 2.26. The van der Waals surface area contributed by atoms with Gasteiger partial charge in [-0.3, -0.25) is 9.59 Å². The van der Waals surface area contributed by atoms with Crippen molar-refractivity contribution in [3.8, 4) is 0 Å². The Morgan fingerprint density at radius 2 is 0.882 bits per heavy atom. The van der Waals surface area contributed by atoms with Crippen LogP contribution in [0.2, 0.25) is 0 Å². The van der Waals surface area contributed by atoms with Gasteiger partial charge in [-0.05, 0) is 29.2 Å². The van der Waals surface area contributed by atoms with Crippen LogP contribution in [0.1, 0.15) is 41.0 Å². The Bertz CT molecular complexity index is 1060. The third-order valence-corrected chi connectivity index (χ3v) is 5.30. The van der Waals surface area contributed by atoms with Crippen molar-refractivity contribution in [2.75, 3.05) is 6.61 Å². The van der Waals surface area contributed by atoms with Gasteiger partial charge in [-0.2, -0.15) is 0 Å². The van der Waals surface area contributed by atoms with Gasteiger partial charge in [-0.1, -0.05) is 121 Å². The number of ether oxygens (including phenoxy) is 1. The lowest BCUT2D eigenvalue weighted by atomic mass is 9.91. The van der Waals surface area contributed by atoms with Gasteiger partial charge in [0.2, 0.25) is 0 Å². The number of carboxylic acid groups (broad SMARTS) is 1. The number of aliphatic carboxylic acids is 1. The molecule has 0 aliphatic heterocycles. The highest BCUT2D eigenvalue weighted by atomic mass is 16.5. The van der Waals surface area contributed by atoms with Gasteiger partial charge < -0.3 is 9.84 Å². The molecular formula is C30H28O4. The zero-order valence-electron chi connectivity index (χ0n) is 19.1. The lowest BCUT2D eigenvalue weighted by Crippen LogP contribution is -2.17. The normalized spacial score (nSPS) is 10.3. The molecule has 0 aliphatic rings. The quantitative estimate of drug-likeness (QED) is 0.335. The van der Waals surface area contributed by atoms with E-state index >= 15 is 0 Å². The Hall–Kier alpha value is -4.18.